The number of nitrogens with one attached hydrogen (secondary N) is 1. The summed E-state index contributed by atoms with van der Waals surface area (Å²) < 4.78 is 1.98. The number of nitrogens with zero attached hydrogens (tertiary/aromatic N) is 2. The van der Waals surface area contributed by atoms with Crippen molar-refractivity contribution in [3.8, 4) is 0 Å². The lowest BCUT2D eigenvalue weighted by Gasteiger charge is -2.21. The summed E-state index contributed by atoms with van der Waals surface area (Å²) in [6.07, 6.45) is 2.82. The molecule has 1 aromatic heterocycles. The monoisotopic (exact) mass is 305 g/mol. The van der Waals surface area contributed by atoms with Crippen LogP contribution in [0.25, 0.3) is 0 Å². The number of hydrogen-bond acceptors (Lipinski definition) is 2. The van der Waals surface area contributed by atoms with Crippen molar-refractivity contribution in [1.82, 2.24) is 15.1 Å². The molecule has 4 heteroatoms. The molecule has 1 N–H and O–H groups in total. The van der Waals surface area contributed by atoms with Crippen LogP contribution in [0.5, 0.6) is 0 Å². The summed E-state index contributed by atoms with van der Waals surface area (Å²) in [6, 6.07) is 6.68. The Morgan fingerprint density at radius 3 is 2.62 bits per heavy atom. The van der Waals surface area contributed by atoms with E-state index < -0.39 is 0 Å². The first kappa shape index (κ1) is 16.1. The first-order chi connectivity index (χ1) is 10.1. The Morgan fingerprint density at radius 2 is 2.00 bits per heavy atom. The van der Waals surface area contributed by atoms with Gasteiger partial charge in [0, 0.05) is 6.54 Å². The normalized spacial score (nSPS) is 12.6. The Morgan fingerprint density at radius 1 is 1.24 bits per heavy atom. The summed E-state index contributed by atoms with van der Waals surface area (Å²) in [4.78, 5) is 0. The Hall–Kier alpha value is -1.32. The lowest BCUT2D eigenvalue weighted by atomic mass is 9.98. The maximum absolute atomic E-state index is 6.40. The first-order valence-electron chi connectivity index (χ1n) is 7.60. The second kappa shape index (κ2) is 7.10. The van der Waals surface area contributed by atoms with Crippen LogP contribution in [0.1, 0.15) is 48.7 Å². The fraction of sp³-hybridized carbons (Fsp3) is 0.471. The van der Waals surface area contributed by atoms with Gasteiger partial charge in [-0.2, -0.15) is 5.10 Å². The van der Waals surface area contributed by atoms with Crippen molar-refractivity contribution in [3.63, 3.8) is 0 Å². The third kappa shape index (κ3) is 3.47. The van der Waals surface area contributed by atoms with Gasteiger partial charge in [0.25, 0.3) is 0 Å². The molecular formula is C17H24ClN3. The summed E-state index contributed by atoms with van der Waals surface area (Å²) in [6.45, 7) is 10.3. The second-order valence-corrected chi connectivity index (χ2v) is 5.83. The van der Waals surface area contributed by atoms with E-state index >= 15 is 0 Å². The minimum atomic E-state index is 0.0826. The fourth-order valence-corrected chi connectivity index (χ4v) is 2.77. The highest BCUT2D eigenvalue weighted by molar-refractivity contribution is 6.31. The van der Waals surface area contributed by atoms with Crippen molar-refractivity contribution in [2.24, 2.45) is 0 Å². The van der Waals surface area contributed by atoms with E-state index in [2.05, 4.69) is 56.3 Å². The summed E-state index contributed by atoms with van der Waals surface area (Å²) in [5.41, 5.74) is 4.90. The number of halogens is 1. The molecule has 2 aromatic rings. The number of hydrogen-bond donors (Lipinski definition) is 1. The van der Waals surface area contributed by atoms with Gasteiger partial charge in [0.05, 0.1) is 23.0 Å². The molecule has 2 rings (SSSR count). The third-order valence-corrected chi connectivity index (χ3v) is 4.16. The maximum atomic E-state index is 6.40. The molecule has 1 heterocycles. The van der Waals surface area contributed by atoms with Gasteiger partial charge in [-0.3, -0.25) is 4.68 Å². The summed E-state index contributed by atoms with van der Waals surface area (Å²) in [7, 11) is 0. The number of aryl methyl sites for hydroxylation is 3. The van der Waals surface area contributed by atoms with Gasteiger partial charge in [0.1, 0.15) is 0 Å². The third-order valence-electron chi connectivity index (χ3n) is 3.87. The van der Waals surface area contributed by atoms with E-state index in [4.69, 9.17) is 11.6 Å². The zero-order valence-corrected chi connectivity index (χ0v) is 14.0. The molecule has 3 nitrogen and oxygen atoms in total. The highest BCUT2D eigenvalue weighted by Crippen LogP contribution is 2.29. The van der Waals surface area contributed by atoms with Crippen LogP contribution in [-0.2, 0) is 6.54 Å². The smallest absolute Gasteiger partial charge is 0.0837 e. The van der Waals surface area contributed by atoms with Crippen LogP contribution in [0.15, 0.2) is 24.4 Å². The van der Waals surface area contributed by atoms with Gasteiger partial charge in [-0.25, -0.2) is 0 Å². The van der Waals surface area contributed by atoms with Gasteiger partial charge in [-0.15, -0.1) is 0 Å². The quantitative estimate of drug-likeness (QED) is 0.864. The van der Waals surface area contributed by atoms with Gasteiger partial charge < -0.3 is 5.32 Å². The summed E-state index contributed by atoms with van der Waals surface area (Å²) >= 11 is 6.40. The molecule has 0 aliphatic rings. The molecule has 0 radical (unpaired) electrons. The van der Waals surface area contributed by atoms with Crippen LogP contribution in [0.4, 0.5) is 0 Å². The van der Waals surface area contributed by atoms with Gasteiger partial charge in [0.15, 0.2) is 0 Å². The van der Waals surface area contributed by atoms with Crippen molar-refractivity contribution in [2.75, 3.05) is 6.54 Å². The molecule has 0 aliphatic heterocycles. The predicted octanol–water partition coefficient (Wildman–Crippen LogP) is 4.26. The van der Waals surface area contributed by atoms with Gasteiger partial charge in [-0.05, 0) is 50.4 Å². The van der Waals surface area contributed by atoms with E-state index in [0.29, 0.717) is 0 Å². The molecule has 114 valence electrons. The maximum Gasteiger partial charge on any atom is 0.0837 e. The van der Waals surface area contributed by atoms with Crippen molar-refractivity contribution < 1.29 is 0 Å². The zero-order chi connectivity index (χ0) is 15.4. The molecular weight excluding hydrogens is 282 g/mol. The van der Waals surface area contributed by atoms with E-state index in [9.17, 15) is 0 Å². The molecule has 0 saturated carbocycles. The van der Waals surface area contributed by atoms with E-state index in [-0.39, 0.29) is 6.04 Å². The van der Waals surface area contributed by atoms with Crippen LogP contribution in [0.3, 0.4) is 0 Å². The molecule has 0 bridgehead atoms. The number of benzene rings is 1. The van der Waals surface area contributed by atoms with Gasteiger partial charge in [0.2, 0.25) is 0 Å². The molecule has 1 unspecified atom stereocenters. The van der Waals surface area contributed by atoms with Gasteiger partial charge >= 0.3 is 0 Å². The minimum Gasteiger partial charge on any atom is -0.305 e. The Bertz CT molecular complexity index is 604. The number of rotatable bonds is 6. The van der Waals surface area contributed by atoms with E-state index in [1.807, 2.05) is 4.68 Å². The Labute approximate surface area is 132 Å². The van der Waals surface area contributed by atoms with Crippen molar-refractivity contribution >= 4 is 11.6 Å². The largest absolute Gasteiger partial charge is 0.305 e. The molecule has 0 spiro atoms. The Balaban J connectivity index is 2.46. The fourth-order valence-electron chi connectivity index (χ4n) is 2.52. The molecule has 21 heavy (non-hydrogen) atoms. The summed E-state index contributed by atoms with van der Waals surface area (Å²) in [5.74, 6) is 0. The van der Waals surface area contributed by atoms with E-state index in [0.717, 1.165) is 30.2 Å². The second-order valence-electron chi connectivity index (χ2n) is 5.42. The lowest BCUT2D eigenvalue weighted by Crippen LogP contribution is -2.26. The van der Waals surface area contributed by atoms with Crippen LogP contribution >= 0.6 is 11.6 Å². The average molecular weight is 306 g/mol. The van der Waals surface area contributed by atoms with Crippen LogP contribution in [0, 0.1) is 13.8 Å². The summed E-state index contributed by atoms with van der Waals surface area (Å²) in [5, 5.41) is 8.70. The molecule has 0 aliphatic carbocycles. The molecule has 1 atom stereocenters. The minimum absolute atomic E-state index is 0.0826. The first-order valence-corrected chi connectivity index (χ1v) is 7.98. The SMILES string of the molecule is CCCNC(c1ccc(C)c(C)c1)c1c(Cl)cnn1CC. The van der Waals surface area contributed by atoms with Crippen LogP contribution < -0.4 is 5.32 Å². The van der Waals surface area contributed by atoms with Crippen molar-refractivity contribution in [2.45, 2.75) is 46.7 Å². The molecule has 0 amide bonds. The number of aromatic nitrogens is 2. The van der Waals surface area contributed by atoms with E-state index in [1.54, 1.807) is 6.20 Å². The highest BCUT2D eigenvalue weighted by atomic mass is 35.5. The van der Waals surface area contributed by atoms with Crippen molar-refractivity contribution in [1.29, 1.82) is 0 Å². The standard InChI is InChI=1S/C17H24ClN3/c1-5-9-19-16(14-8-7-12(3)13(4)10-14)17-15(18)11-20-21(17)6-2/h7-8,10-11,16,19H,5-6,9H2,1-4H3. The highest BCUT2D eigenvalue weighted by Gasteiger charge is 2.21. The van der Waals surface area contributed by atoms with E-state index in [1.165, 1.54) is 16.7 Å². The molecule has 0 saturated heterocycles. The van der Waals surface area contributed by atoms with Crippen molar-refractivity contribution in [3.05, 3.63) is 51.8 Å². The zero-order valence-electron chi connectivity index (χ0n) is 13.3. The topological polar surface area (TPSA) is 29.9 Å². The predicted molar refractivity (Wildman–Crippen MR) is 89.0 cm³/mol. The average Bonchev–Trinajstić information content (AvgIpc) is 2.84. The van der Waals surface area contributed by atoms with Crippen LogP contribution in [0.2, 0.25) is 5.02 Å². The van der Waals surface area contributed by atoms with Crippen LogP contribution in [-0.4, -0.2) is 16.3 Å². The Kier molecular flexibility index (Phi) is 5.43. The molecule has 1 aromatic carbocycles. The molecule has 0 fully saturated rings. The van der Waals surface area contributed by atoms with Gasteiger partial charge in [-0.1, -0.05) is 36.7 Å². The lowest BCUT2D eigenvalue weighted by molar-refractivity contribution is 0.529.